The van der Waals surface area contributed by atoms with Gasteiger partial charge >= 0.3 is 6.03 Å². The fraction of sp³-hybridized carbons (Fsp3) is 0.579. The molecule has 0 aromatic heterocycles. The van der Waals surface area contributed by atoms with Crippen LogP contribution in [0.5, 0.6) is 0 Å². The van der Waals surface area contributed by atoms with Crippen molar-refractivity contribution in [1.29, 1.82) is 0 Å². The first-order valence-electron chi connectivity index (χ1n) is 9.40. The summed E-state index contributed by atoms with van der Waals surface area (Å²) in [4.78, 5) is 28.1. The number of nitrogens with zero attached hydrogens (tertiary/aromatic N) is 2. The summed E-state index contributed by atoms with van der Waals surface area (Å²) in [5.74, 6) is 0.0318. The van der Waals surface area contributed by atoms with Crippen LogP contribution in [0.2, 0.25) is 0 Å². The van der Waals surface area contributed by atoms with E-state index >= 15 is 0 Å². The molecule has 0 radical (unpaired) electrons. The molecule has 3 amide bonds. The van der Waals surface area contributed by atoms with E-state index in [2.05, 4.69) is 31.5 Å². The largest absolute Gasteiger partial charge is 0.370 e. The van der Waals surface area contributed by atoms with Crippen LogP contribution in [0.3, 0.4) is 0 Å². The van der Waals surface area contributed by atoms with Crippen molar-refractivity contribution in [2.75, 3.05) is 46.4 Å². The summed E-state index contributed by atoms with van der Waals surface area (Å²) in [6.45, 7) is 3.76. The monoisotopic (exact) mass is 438 g/mol. The SMILES string of the molecule is CNC(=O)CN1CCC(NC(=O)N2CCOC(c3cccc(Br)c3)C2)CC1. The van der Waals surface area contributed by atoms with Crippen LogP contribution in [-0.4, -0.2) is 74.2 Å². The minimum absolute atomic E-state index is 0.0250. The Morgan fingerprint density at radius 1 is 1.26 bits per heavy atom. The van der Waals surface area contributed by atoms with E-state index in [9.17, 15) is 9.59 Å². The first kappa shape index (κ1) is 20.1. The number of hydrogen-bond acceptors (Lipinski definition) is 4. The quantitative estimate of drug-likeness (QED) is 0.750. The molecule has 7 nitrogen and oxygen atoms in total. The predicted octanol–water partition coefficient (Wildman–Crippen LogP) is 1.74. The highest BCUT2D eigenvalue weighted by Gasteiger charge is 2.28. The van der Waals surface area contributed by atoms with E-state index in [-0.39, 0.29) is 24.1 Å². The summed E-state index contributed by atoms with van der Waals surface area (Å²) < 4.78 is 6.87. The van der Waals surface area contributed by atoms with Gasteiger partial charge in [0.05, 0.1) is 19.7 Å². The van der Waals surface area contributed by atoms with Crippen molar-refractivity contribution in [1.82, 2.24) is 20.4 Å². The standard InChI is InChI=1S/C19H27BrN4O3/c1-21-18(25)13-23-7-5-16(6-8-23)22-19(26)24-9-10-27-17(12-24)14-3-2-4-15(20)11-14/h2-4,11,16-17H,5-10,12-13H2,1H3,(H,21,25)(H,22,26). The zero-order valence-electron chi connectivity index (χ0n) is 15.6. The molecule has 0 bridgehead atoms. The van der Waals surface area contributed by atoms with Gasteiger partial charge in [0.2, 0.25) is 5.91 Å². The zero-order chi connectivity index (χ0) is 19.2. The molecule has 1 atom stereocenters. The number of likely N-dealkylation sites (N-methyl/N-ethyl adjacent to an activating group) is 1. The van der Waals surface area contributed by atoms with Gasteiger partial charge in [0, 0.05) is 37.2 Å². The number of piperidine rings is 1. The lowest BCUT2D eigenvalue weighted by molar-refractivity contribution is -0.122. The zero-order valence-corrected chi connectivity index (χ0v) is 17.2. The molecular formula is C19H27BrN4O3. The third kappa shape index (κ3) is 5.67. The Balaban J connectivity index is 1.47. The van der Waals surface area contributed by atoms with Crippen LogP contribution < -0.4 is 10.6 Å². The van der Waals surface area contributed by atoms with E-state index in [1.807, 2.05) is 29.2 Å². The van der Waals surface area contributed by atoms with Gasteiger partial charge in [-0.15, -0.1) is 0 Å². The van der Waals surface area contributed by atoms with E-state index in [1.165, 1.54) is 0 Å². The molecule has 3 rings (SSSR count). The first-order chi connectivity index (χ1) is 13.0. The maximum atomic E-state index is 12.7. The Morgan fingerprint density at radius 3 is 2.74 bits per heavy atom. The normalized spacial score (nSPS) is 21.7. The van der Waals surface area contributed by atoms with Crippen molar-refractivity contribution in [3.8, 4) is 0 Å². The van der Waals surface area contributed by atoms with Crippen molar-refractivity contribution in [2.24, 2.45) is 0 Å². The number of likely N-dealkylation sites (tertiary alicyclic amines) is 1. The van der Waals surface area contributed by atoms with Crippen molar-refractivity contribution in [3.05, 3.63) is 34.3 Å². The smallest absolute Gasteiger partial charge is 0.317 e. The summed E-state index contributed by atoms with van der Waals surface area (Å²) in [5, 5.41) is 5.80. The summed E-state index contributed by atoms with van der Waals surface area (Å²) in [5.41, 5.74) is 1.07. The molecule has 0 aliphatic carbocycles. The lowest BCUT2D eigenvalue weighted by atomic mass is 10.1. The topological polar surface area (TPSA) is 73.9 Å². The number of halogens is 1. The number of nitrogens with one attached hydrogen (secondary N) is 2. The van der Waals surface area contributed by atoms with Crippen LogP contribution in [0.1, 0.15) is 24.5 Å². The highest BCUT2D eigenvalue weighted by molar-refractivity contribution is 9.10. The Morgan fingerprint density at radius 2 is 2.04 bits per heavy atom. The summed E-state index contributed by atoms with van der Waals surface area (Å²) in [6, 6.07) is 8.16. The molecule has 2 saturated heterocycles. The third-order valence-corrected chi connectivity index (χ3v) is 5.63. The first-order valence-corrected chi connectivity index (χ1v) is 10.2. The van der Waals surface area contributed by atoms with Crippen LogP contribution in [0.4, 0.5) is 4.79 Å². The van der Waals surface area contributed by atoms with Crippen molar-refractivity contribution in [2.45, 2.75) is 25.0 Å². The molecule has 1 unspecified atom stereocenters. The second kappa shape index (κ2) is 9.52. The number of morpholine rings is 1. The molecule has 148 valence electrons. The molecule has 8 heteroatoms. The maximum absolute atomic E-state index is 12.7. The lowest BCUT2D eigenvalue weighted by Crippen LogP contribution is -2.52. The summed E-state index contributed by atoms with van der Waals surface area (Å²) in [7, 11) is 1.65. The average Bonchev–Trinajstić information content (AvgIpc) is 2.69. The fourth-order valence-corrected chi connectivity index (χ4v) is 3.94. The van der Waals surface area contributed by atoms with E-state index in [0.717, 1.165) is 36.0 Å². The van der Waals surface area contributed by atoms with Gasteiger partial charge in [0.1, 0.15) is 6.10 Å². The Bertz CT molecular complexity index is 664. The van der Waals surface area contributed by atoms with Gasteiger partial charge in [-0.3, -0.25) is 9.69 Å². The van der Waals surface area contributed by atoms with E-state index < -0.39 is 0 Å². The summed E-state index contributed by atoms with van der Waals surface area (Å²) in [6.07, 6.45) is 1.63. The second-order valence-electron chi connectivity index (χ2n) is 7.03. The molecule has 2 N–H and O–H groups in total. The van der Waals surface area contributed by atoms with Gasteiger partial charge in [0.25, 0.3) is 0 Å². The van der Waals surface area contributed by atoms with E-state index in [1.54, 1.807) is 7.05 Å². The fourth-order valence-electron chi connectivity index (χ4n) is 3.53. The van der Waals surface area contributed by atoms with Crippen LogP contribution in [0, 0.1) is 0 Å². The van der Waals surface area contributed by atoms with Crippen molar-refractivity contribution < 1.29 is 14.3 Å². The van der Waals surface area contributed by atoms with Crippen molar-refractivity contribution in [3.63, 3.8) is 0 Å². The molecule has 1 aromatic carbocycles. The van der Waals surface area contributed by atoms with Crippen LogP contribution in [0.25, 0.3) is 0 Å². The van der Waals surface area contributed by atoms with Gasteiger partial charge < -0.3 is 20.3 Å². The number of urea groups is 1. The van der Waals surface area contributed by atoms with E-state index in [4.69, 9.17) is 4.74 Å². The lowest BCUT2D eigenvalue weighted by Gasteiger charge is -2.36. The average molecular weight is 439 g/mol. The number of carbonyl (C=O) groups is 2. The van der Waals surface area contributed by atoms with E-state index in [0.29, 0.717) is 26.2 Å². The van der Waals surface area contributed by atoms with Gasteiger partial charge in [-0.2, -0.15) is 0 Å². The minimum Gasteiger partial charge on any atom is -0.370 e. The van der Waals surface area contributed by atoms with Crippen molar-refractivity contribution >= 4 is 27.9 Å². The van der Waals surface area contributed by atoms with Gasteiger partial charge in [-0.25, -0.2) is 4.79 Å². The minimum atomic E-state index is -0.101. The highest BCUT2D eigenvalue weighted by atomic mass is 79.9. The molecule has 0 saturated carbocycles. The summed E-state index contributed by atoms with van der Waals surface area (Å²) >= 11 is 3.49. The highest BCUT2D eigenvalue weighted by Crippen LogP contribution is 2.25. The van der Waals surface area contributed by atoms with Gasteiger partial charge in [0.15, 0.2) is 0 Å². The number of ether oxygens (including phenoxy) is 1. The molecule has 1 aromatic rings. The van der Waals surface area contributed by atoms with Crippen LogP contribution in [0.15, 0.2) is 28.7 Å². The molecule has 2 aliphatic heterocycles. The molecule has 2 aliphatic rings. The molecule has 2 heterocycles. The molecule has 27 heavy (non-hydrogen) atoms. The van der Waals surface area contributed by atoms with Gasteiger partial charge in [-0.05, 0) is 30.5 Å². The van der Waals surface area contributed by atoms with Gasteiger partial charge in [-0.1, -0.05) is 28.1 Å². The third-order valence-electron chi connectivity index (χ3n) is 5.14. The number of benzene rings is 1. The Hall–Kier alpha value is -1.64. The molecule has 2 fully saturated rings. The number of hydrogen-bond donors (Lipinski definition) is 2. The van der Waals surface area contributed by atoms with Crippen LogP contribution >= 0.6 is 15.9 Å². The number of carbonyl (C=O) groups excluding carboxylic acids is 2. The predicted molar refractivity (Wildman–Crippen MR) is 106 cm³/mol. The molecule has 0 spiro atoms. The molecular weight excluding hydrogens is 412 g/mol. The second-order valence-corrected chi connectivity index (χ2v) is 7.95. The van der Waals surface area contributed by atoms with Crippen LogP contribution in [-0.2, 0) is 9.53 Å². The Labute approximate surface area is 168 Å². The Kier molecular flexibility index (Phi) is 7.09. The maximum Gasteiger partial charge on any atom is 0.317 e. The number of rotatable bonds is 4. The number of amides is 3.